The first-order chi connectivity index (χ1) is 4.33. The smallest absolute Gasteiger partial charge is 0.123 e. The van der Waals surface area contributed by atoms with E-state index in [1.54, 1.807) is 6.07 Å². The molecule has 1 rings (SSSR count). The van der Waals surface area contributed by atoms with E-state index in [0.29, 0.717) is 12.2 Å². The molecule has 1 heterocycles. The highest BCUT2D eigenvalue weighted by Crippen LogP contribution is 1.99. The number of nitrogens with two attached hydrogens (primary N) is 1. The van der Waals surface area contributed by atoms with Crippen molar-refractivity contribution in [3.63, 3.8) is 0 Å². The zero-order valence-electron chi connectivity index (χ0n) is 5.17. The second-order valence-corrected chi connectivity index (χ2v) is 1.80. The van der Waals surface area contributed by atoms with Gasteiger partial charge in [0.25, 0.3) is 0 Å². The maximum atomic E-state index is 5.40. The van der Waals surface area contributed by atoms with E-state index in [1.165, 1.54) is 0 Å². The van der Waals surface area contributed by atoms with Crippen LogP contribution < -0.4 is 5.73 Å². The lowest BCUT2D eigenvalue weighted by Gasteiger charge is -1.94. The van der Waals surface area contributed by atoms with Crippen LogP contribution in [0.5, 0.6) is 0 Å². The second-order valence-electron chi connectivity index (χ2n) is 1.80. The van der Waals surface area contributed by atoms with Crippen molar-refractivity contribution >= 4 is 5.82 Å². The number of hydrogen-bond acceptors (Lipinski definition) is 2. The highest BCUT2D eigenvalue weighted by Gasteiger charge is 1.88. The topological polar surface area (TPSA) is 38.9 Å². The highest BCUT2D eigenvalue weighted by molar-refractivity contribution is 5.28. The van der Waals surface area contributed by atoms with Crippen LogP contribution in [0.2, 0.25) is 0 Å². The summed E-state index contributed by atoms with van der Waals surface area (Å²) < 4.78 is 0. The molecular weight excluding hydrogens is 112 g/mol. The molecule has 0 amide bonds. The Labute approximate surface area is 54.7 Å². The predicted molar refractivity (Wildman–Crippen MR) is 37.7 cm³/mol. The van der Waals surface area contributed by atoms with Gasteiger partial charge in [-0.2, -0.15) is 0 Å². The molecule has 0 aliphatic rings. The third-order valence-corrected chi connectivity index (χ3v) is 1.08. The maximum absolute atomic E-state index is 5.40. The third-order valence-electron chi connectivity index (χ3n) is 1.08. The molecule has 0 spiro atoms. The number of rotatable bonds is 1. The summed E-state index contributed by atoms with van der Waals surface area (Å²) in [5.41, 5.74) is 6.34. The van der Waals surface area contributed by atoms with E-state index in [0.717, 1.165) is 5.69 Å². The number of pyridine rings is 1. The molecule has 0 aromatic carbocycles. The summed E-state index contributed by atoms with van der Waals surface area (Å²) >= 11 is 0. The van der Waals surface area contributed by atoms with Crippen LogP contribution in [-0.4, -0.2) is 4.98 Å². The van der Waals surface area contributed by atoms with Crippen molar-refractivity contribution in [1.82, 2.24) is 4.98 Å². The molecule has 0 saturated carbocycles. The molecule has 2 N–H and O–H groups in total. The fraction of sp³-hybridized carbons (Fsp3) is 0.143. The van der Waals surface area contributed by atoms with Crippen molar-refractivity contribution in [2.75, 3.05) is 5.73 Å². The Morgan fingerprint density at radius 3 is 2.78 bits per heavy atom. The number of anilines is 1. The number of nitrogen functional groups attached to an aromatic ring is 1. The van der Waals surface area contributed by atoms with Crippen molar-refractivity contribution < 1.29 is 0 Å². The Bertz CT molecular complexity index is 196. The van der Waals surface area contributed by atoms with Crippen LogP contribution >= 0.6 is 0 Å². The minimum atomic E-state index is 0.566. The van der Waals surface area contributed by atoms with Gasteiger partial charge in [-0.05, 0) is 25.5 Å². The van der Waals surface area contributed by atoms with Gasteiger partial charge in [-0.1, -0.05) is 6.07 Å². The number of hydrogen-bond donors (Lipinski definition) is 1. The van der Waals surface area contributed by atoms with E-state index in [9.17, 15) is 0 Å². The van der Waals surface area contributed by atoms with Gasteiger partial charge in [-0.25, -0.2) is 4.98 Å². The lowest BCUT2D eigenvalue weighted by Crippen LogP contribution is -1.92. The zero-order valence-corrected chi connectivity index (χ0v) is 5.17. The van der Waals surface area contributed by atoms with Crippen molar-refractivity contribution in [3.8, 4) is 0 Å². The molecule has 0 aliphatic carbocycles. The average Bonchev–Trinajstić information content (AvgIpc) is 1.88. The standard InChI is InChI=1S/C7H9N2/c1-2-6-4-3-5-7(8)9-6/h3-5H,1-2H2,(H2,8,9). The van der Waals surface area contributed by atoms with Crippen LogP contribution in [-0.2, 0) is 6.42 Å². The van der Waals surface area contributed by atoms with Crippen LogP contribution in [0.1, 0.15) is 5.69 Å². The zero-order chi connectivity index (χ0) is 6.69. The fourth-order valence-electron chi connectivity index (χ4n) is 0.637. The second kappa shape index (κ2) is 2.49. The van der Waals surface area contributed by atoms with Gasteiger partial charge in [0.05, 0.1) is 0 Å². The number of aromatic nitrogens is 1. The molecule has 2 heteroatoms. The van der Waals surface area contributed by atoms with Crippen molar-refractivity contribution in [3.05, 3.63) is 30.8 Å². The summed E-state index contributed by atoms with van der Waals surface area (Å²) in [7, 11) is 0. The Hall–Kier alpha value is -1.05. The normalized spacial score (nSPS) is 9.44. The molecule has 1 aromatic rings. The van der Waals surface area contributed by atoms with Gasteiger partial charge >= 0.3 is 0 Å². The molecule has 0 aliphatic heterocycles. The molecule has 0 atom stereocenters. The SMILES string of the molecule is [CH2]Cc1cccc(N)n1. The van der Waals surface area contributed by atoms with Crippen LogP contribution in [0.4, 0.5) is 5.82 Å². The van der Waals surface area contributed by atoms with E-state index in [4.69, 9.17) is 5.73 Å². The molecule has 1 radical (unpaired) electrons. The molecule has 2 nitrogen and oxygen atoms in total. The van der Waals surface area contributed by atoms with E-state index in [-0.39, 0.29) is 0 Å². The van der Waals surface area contributed by atoms with Crippen LogP contribution in [0, 0.1) is 6.92 Å². The minimum absolute atomic E-state index is 0.566. The summed E-state index contributed by atoms with van der Waals surface area (Å²) in [6.07, 6.45) is 0.699. The molecule has 9 heavy (non-hydrogen) atoms. The van der Waals surface area contributed by atoms with Gasteiger partial charge in [0.2, 0.25) is 0 Å². The van der Waals surface area contributed by atoms with E-state index < -0.39 is 0 Å². The maximum Gasteiger partial charge on any atom is 0.123 e. The van der Waals surface area contributed by atoms with Gasteiger partial charge in [-0.3, -0.25) is 0 Å². The Balaban J connectivity index is 2.94. The fourth-order valence-corrected chi connectivity index (χ4v) is 0.637. The minimum Gasteiger partial charge on any atom is -0.384 e. The van der Waals surface area contributed by atoms with Gasteiger partial charge in [0, 0.05) is 5.69 Å². The first-order valence-electron chi connectivity index (χ1n) is 2.83. The summed E-state index contributed by atoms with van der Waals surface area (Å²) in [6, 6.07) is 5.55. The average molecular weight is 121 g/mol. The molecule has 0 bridgehead atoms. The summed E-state index contributed by atoms with van der Waals surface area (Å²) in [6.45, 7) is 3.68. The lowest BCUT2D eigenvalue weighted by molar-refractivity contribution is 1.12. The monoisotopic (exact) mass is 121 g/mol. The van der Waals surface area contributed by atoms with E-state index in [1.807, 2.05) is 12.1 Å². The van der Waals surface area contributed by atoms with Gasteiger partial charge in [0.15, 0.2) is 0 Å². The van der Waals surface area contributed by atoms with Gasteiger partial charge < -0.3 is 5.73 Å². The van der Waals surface area contributed by atoms with Crippen LogP contribution in [0.3, 0.4) is 0 Å². The van der Waals surface area contributed by atoms with Gasteiger partial charge in [-0.15, -0.1) is 0 Å². The largest absolute Gasteiger partial charge is 0.384 e. The highest BCUT2D eigenvalue weighted by atomic mass is 14.8. The van der Waals surface area contributed by atoms with Crippen LogP contribution in [0.15, 0.2) is 18.2 Å². The number of nitrogens with zero attached hydrogens (tertiary/aromatic N) is 1. The van der Waals surface area contributed by atoms with Crippen molar-refractivity contribution in [2.24, 2.45) is 0 Å². The molecule has 0 saturated heterocycles. The predicted octanol–water partition coefficient (Wildman–Crippen LogP) is 1.04. The Morgan fingerprint density at radius 1 is 1.56 bits per heavy atom. The lowest BCUT2D eigenvalue weighted by atomic mass is 10.3. The quantitative estimate of drug-likeness (QED) is 0.603. The third kappa shape index (κ3) is 1.42. The van der Waals surface area contributed by atoms with E-state index in [2.05, 4.69) is 11.9 Å². The summed E-state index contributed by atoms with van der Waals surface area (Å²) in [5.74, 6) is 0.566. The molecule has 1 aromatic heterocycles. The summed E-state index contributed by atoms with van der Waals surface area (Å²) in [4.78, 5) is 4.01. The molecule has 0 unspecified atom stereocenters. The first kappa shape index (κ1) is 6.08. The van der Waals surface area contributed by atoms with E-state index >= 15 is 0 Å². The van der Waals surface area contributed by atoms with Crippen molar-refractivity contribution in [1.29, 1.82) is 0 Å². The molecule has 0 fully saturated rings. The van der Waals surface area contributed by atoms with Crippen LogP contribution in [0.25, 0.3) is 0 Å². The Morgan fingerprint density at radius 2 is 2.33 bits per heavy atom. The molecule has 47 valence electrons. The van der Waals surface area contributed by atoms with Gasteiger partial charge in [0.1, 0.15) is 5.82 Å². The molecular formula is C7H9N2. The summed E-state index contributed by atoms with van der Waals surface area (Å²) in [5, 5.41) is 0. The Kier molecular flexibility index (Phi) is 1.68. The first-order valence-corrected chi connectivity index (χ1v) is 2.83. The van der Waals surface area contributed by atoms with Crippen molar-refractivity contribution in [2.45, 2.75) is 6.42 Å².